The molecule has 3 aliphatic rings. The number of carbonyl (C=O) groups excluding carboxylic acids is 2. The fraction of sp³-hybridized carbons (Fsp3) is 0.667. The van der Waals surface area contributed by atoms with Crippen LogP contribution >= 0.6 is 0 Å². The van der Waals surface area contributed by atoms with Crippen molar-refractivity contribution in [2.24, 2.45) is 5.92 Å². The molecule has 0 radical (unpaired) electrons. The van der Waals surface area contributed by atoms with Gasteiger partial charge >= 0.3 is 6.18 Å². The number of rotatable bonds is 4. The molecule has 5 nitrogen and oxygen atoms in total. The number of piperidine rings is 1. The third kappa shape index (κ3) is 5.11. The number of benzene rings is 1. The Morgan fingerprint density at radius 1 is 1.03 bits per heavy atom. The molecule has 3 fully saturated rings. The van der Waals surface area contributed by atoms with Gasteiger partial charge in [-0.2, -0.15) is 13.2 Å². The summed E-state index contributed by atoms with van der Waals surface area (Å²) in [5, 5.41) is 3.05. The van der Waals surface area contributed by atoms with Crippen LogP contribution in [0.1, 0.15) is 73.7 Å². The summed E-state index contributed by atoms with van der Waals surface area (Å²) in [6.45, 7) is 1.23. The van der Waals surface area contributed by atoms with E-state index in [-0.39, 0.29) is 29.1 Å². The minimum absolute atomic E-state index is 0.0456. The first kappa shape index (κ1) is 23.1. The number of nitrogens with one attached hydrogen (secondary N) is 1. The molecule has 32 heavy (non-hydrogen) atoms. The molecule has 0 bridgehead atoms. The Morgan fingerprint density at radius 2 is 1.72 bits per heavy atom. The van der Waals surface area contributed by atoms with Crippen LogP contribution in [0, 0.1) is 5.92 Å². The summed E-state index contributed by atoms with van der Waals surface area (Å²) in [4.78, 5) is 26.7. The van der Waals surface area contributed by atoms with Crippen molar-refractivity contribution in [3.8, 4) is 0 Å². The van der Waals surface area contributed by atoms with Crippen molar-refractivity contribution in [3.63, 3.8) is 0 Å². The van der Waals surface area contributed by atoms with Gasteiger partial charge in [-0.05, 0) is 50.7 Å². The zero-order chi connectivity index (χ0) is 22.8. The highest BCUT2D eigenvalue weighted by Gasteiger charge is 2.44. The lowest BCUT2D eigenvalue weighted by Gasteiger charge is -2.39. The molecule has 1 N–H and O–H groups in total. The van der Waals surface area contributed by atoms with Crippen molar-refractivity contribution in [2.75, 3.05) is 19.6 Å². The summed E-state index contributed by atoms with van der Waals surface area (Å²) in [6, 6.07) is 4.95. The van der Waals surface area contributed by atoms with Gasteiger partial charge in [-0.15, -0.1) is 0 Å². The first-order chi connectivity index (χ1) is 15.3. The summed E-state index contributed by atoms with van der Waals surface area (Å²) >= 11 is 0. The highest BCUT2D eigenvalue weighted by Crippen LogP contribution is 2.40. The molecule has 4 rings (SSSR count). The van der Waals surface area contributed by atoms with Gasteiger partial charge in [0, 0.05) is 25.6 Å². The summed E-state index contributed by atoms with van der Waals surface area (Å²) in [7, 11) is 0. The minimum atomic E-state index is -4.56. The standard InChI is InChI=1S/C24H31F3N2O3/c25-24(26,27)20-9-5-4-8-19(20)22(31)29-14-12-23(13-15-29)11-10-18(32-23)16-28-21(30)17-6-2-1-3-7-17/h4-5,8-9,17-18H,1-3,6-7,10-16H2,(H,28,30)/t18-/m0/s1. The molecular weight excluding hydrogens is 421 g/mol. The monoisotopic (exact) mass is 452 g/mol. The van der Waals surface area contributed by atoms with E-state index in [1.54, 1.807) is 0 Å². The SMILES string of the molecule is O=C(NC[C@@H]1CCC2(CCN(C(=O)c3ccccc3C(F)(F)F)CC2)O1)C1CCCCC1. The van der Waals surface area contributed by atoms with Crippen LogP contribution < -0.4 is 5.32 Å². The van der Waals surface area contributed by atoms with Crippen molar-refractivity contribution in [1.82, 2.24) is 10.2 Å². The van der Waals surface area contributed by atoms with Crippen LogP contribution in [0.2, 0.25) is 0 Å². The van der Waals surface area contributed by atoms with Gasteiger partial charge in [0.2, 0.25) is 5.91 Å². The van der Waals surface area contributed by atoms with Crippen LogP contribution in [0.15, 0.2) is 24.3 Å². The molecule has 2 heterocycles. The predicted octanol–water partition coefficient (Wildman–Crippen LogP) is 4.56. The lowest BCUT2D eigenvalue weighted by Crippen LogP contribution is -2.47. The highest BCUT2D eigenvalue weighted by atomic mass is 19.4. The summed E-state index contributed by atoms with van der Waals surface area (Å²) < 4.78 is 46.2. The Balaban J connectivity index is 1.28. The number of likely N-dealkylation sites (tertiary alicyclic amines) is 1. The summed E-state index contributed by atoms with van der Waals surface area (Å²) in [5.74, 6) is -0.340. The van der Waals surface area contributed by atoms with E-state index < -0.39 is 17.6 Å². The molecule has 1 saturated carbocycles. The van der Waals surface area contributed by atoms with Crippen molar-refractivity contribution in [2.45, 2.75) is 75.7 Å². The van der Waals surface area contributed by atoms with Gasteiger partial charge in [0.1, 0.15) is 0 Å². The van der Waals surface area contributed by atoms with Crippen LogP contribution in [0.4, 0.5) is 13.2 Å². The molecular formula is C24H31F3N2O3. The van der Waals surface area contributed by atoms with E-state index in [1.807, 2.05) is 0 Å². The quantitative estimate of drug-likeness (QED) is 0.729. The fourth-order valence-electron chi connectivity index (χ4n) is 5.34. The van der Waals surface area contributed by atoms with E-state index in [4.69, 9.17) is 4.74 Å². The van der Waals surface area contributed by atoms with E-state index in [0.717, 1.165) is 44.6 Å². The summed E-state index contributed by atoms with van der Waals surface area (Å²) in [5.41, 5.74) is -1.54. The predicted molar refractivity (Wildman–Crippen MR) is 113 cm³/mol. The highest BCUT2D eigenvalue weighted by molar-refractivity contribution is 5.96. The second kappa shape index (κ2) is 9.41. The number of amides is 2. The van der Waals surface area contributed by atoms with Crippen LogP contribution in [-0.2, 0) is 15.7 Å². The molecule has 1 atom stereocenters. The van der Waals surface area contributed by atoms with Gasteiger partial charge in [-0.25, -0.2) is 0 Å². The molecule has 2 amide bonds. The second-order valence-electron chi connectivity index (χ2n) is 9.38. The molecule has 1 aliphatic carbocycles. The Morgan fingerprint density at radius 3 is 2.41 bits per heavy atom. The Bertz CT molecular complexity index is 828. The zero-order valence-electron chi connectivity index (χ0n) is 18.3. The van der Waals surface area contributed by atoms with E-state index in [1.165, 1.54) is 29.5 Å². The van der Waals surface area contributed by atoms with E-state index in [0.29, 0.717) is 32.5 Å². The maximum Gasteiger partial charge on any atom is 0.417 e. The maximum atomic E-state index is 13.3. The van der Waals surface area contributed by atoms with Crippen molar-refractivity contribution < 1.29 is 27.5 Å². The largest absolute Gasteiger partial charge is 0.417 e. The van der Waals surface area contributed by atoms with Crippen LogP contribution in [0.5, 0.6) is 0 Å². The molecule has 0 unspecified atom stereocenters. The molecule has 1 aromatic rings. The molecule has 8 heteroatoms. The van der Waals surface area contributed by atoms with Crippen LogP contribution in [0.25, 0.3) is 0 Å². The maximum absolute atomic E-state index is 13.3. The Hall–Kier alpha value is -2.09. The molecule has 1 spiro atoms. The van der Waals surface area contributed by atoms with Crippen molar-refractivity contribution >= 4 is 11.8 Å². The smallest absolute Gasteiger partial charge is 0.370 e. The van der Waals surface area contributed by atoms with Gasteiger partial charge in [-0.1, -0.05) is 31.4 Å². The fourth-order valence-corrected chi connectivity index (χ4v) is 5.34. The van der Waals surface area contributed by atoms with Crippen molar-refractivity contribution in [3.05, 3.63) is 35.4 Å². The molecule has 2 aliphatic heterocycles. The van der Waals surface area contributed by atoms with E-state index in [2.05, 4.69) is 5.32 Å². The number of ether oxygens (including phenoxy) is 1. The molecule has 0 aromatic heterocycles. The third-order valence-electron chi connectivity index (χ3n) is 7.24. The number of hydrogen-bond donors (Lipinski definition) is 1. The first-order valence-corrected chi connectivity index (χ1v) is 11.7. The van der Waals surface area contributed by atoms with Gasteiger partial charge in [-0.3, -0.25) is 9.59 Å². The van der Waals surface area contributed by atoms with Crippen LogP contribution in [-0.4, -0.2) is 48.1 Å². The second-order valence-corrected chi connectivity index (χ2v) is 9.38. The topological polar surface area (TPSA) is 58.6 Å². The number of carbonyl (C=O) groups is 2. The number of hydrogen-bond acceptors (Lipinski definition) is 3. The van der Waals surface area contributed by atoms with Gasteiger partial charge in [0.05, 0.1) is 22.8 Å². The number of halogens is 3. The van der Waals surface area contributed by atoms with Gasteiger partial charge < -0.3 is 15.0 Å². The minimum Gasteiger partial charge on any atom is -0.370 e. The molecule has 176 valence electrons. The van der Waals surface area contributed by atoms with Crippen molar-refractivity contribution in [1.29, 1.82) is 0 Å². The van der Waals surface area contributed by atoms with E-state index >= 15 is 0 Å². The third-order valence-corrected chi connectivity index (χ3v) is 7.24. The molecule has 2 saturated heterocycles. The lowest BCUT2D eigenvalue weighted by molar-refractivity contribution is -0.138. The molecule has 1 aromatic carbocycles. The summed E-state index contributed by atoms with van der Waals surface area (Å²) in [6.07, 6.45) is 3.63. The average Bonchev–Trinajstić information content (AvgIpc) is 3.20. The number of alkyl halides is 3. The number of nitrogens with zero attached hydrogens (tertiary/aromatic N) is 1. The van der Waals surface area contributed by atoms with E-state index in [9.17, 15) is 22.8 Å². The van der Waals surface area contributed by atoms with Gasteiger partial charge in [0.15, 0.2) is 0 Å². The average molecular weight is 453 g/mol. The lowest BCUT2D eigenvalue weighted by atomic mass is 9.88. The van der Waals surface area contributed by atoms with Crippen LogP contribution in [0.3, 0.4) is 0 Å². The van der Waals surface area contributed by atoms with Gasteiger partial charge in [0.25, 0.3) is 5.91 Å². The normalized spacial score (nSPS) is 24.0. The first-order valence-electron chi connectivity index (χ1n) is 11.7. The zero-order valence-corrected chi connectivity index (χ0v) is 18.3. The Kier molecular flexibility index (Phi) is 6.79. The Labute approximate surface area is 186 Å².